The van der Waals surface area contributed by atoms with Gasteiger partial charge in [0.25, 0.3) is 0 Å². The Balaban J connectivity index is 1.52. The van der Waals surface area contributed by atoms with Gasteiger partial charge in [0.05, 0.1) is 7.11 Å². The molecule has 0 saturated carbocycles. The van der Waals surface area contributed by atoms with Gasteiger partial charge in [0.1, 0.15) is 12.7 Å². The van der Waals surface area contributed by atoms with E-state index in [1.807, 2.05) is 17.8 Å². The number of β-amino-alcohol motifs (C(OH)–C–C–N with tert-alkyl or cyclic N) is 1. The van der Waals surface area contributed by atoms with E-state index in [2.05, 4.69) is 33.9 Å². The highest BCUT2D eigenvalue weighted by Crippen LogP contribution is 2.29. The predicted octanol–water partition coefficient (Wildman–Crippen LogP) is 1.62. The monoisotopic (exact) mass is 409 g/mol. The zero-order valence-corrected chi connectivity index (χ0v) is 18.1. The quantitative estimate of drug-likeness (QED) is 0.700. The molecule has 2 saturated heterocycles. The second kappa shape index (κ2) is 11.3. The minimum Gasteiger partial charge on any atom is -0.493 e. The number of nitrogens with zero attached hydrogens (tertiary/aromatic N) is 3. The van der Waals surface area contributed by atoms with Gasteiger partial charge in [0.15, 0.2) is 11.5 Å². The number of aliphatic hydroxyl groups is 1. The lowest BCUT2D eigenvalue weighted by Crippen LogP contribution is -2.37. The van der Waals surface area contributed by atoms with Gasteiger partial charge in [-0.05, 0) is 44.3 Å². The number of aliphatic hydroxyl groups excluding tert-OH is 1. The maximum Gasteiger partial charge on any atom is 0.161 e. The summed E-state index contributed by atoms with van der Waals surface area (Å²) in [6.07, 6.45) is 0.644. The minimum absolute atomic E-state index is 0.284. The molecule has 0 aromatic heterocycles. The van der Waals surface area contributed by atoms with E-state index in [9.17, 15) is 5.11 Å². The van der Waals surface area contributed by atoms with Crippen molar-refractivity contribution in [3.05, 3.63) is 23.8 Å². The van der Waals surface area contributed by atoms with Crippen LogP contribution in [-0.4, -0.2) is 104 Å². The van der Waals surface area contributed by atoms with Gasteiger partial charge < -0.3 is 19.5 Å². The lowest BCUT2D eigenvalue weighted by Gasteiger charge is -2.26. The number of hydrogen-bond donors (Lipinski definition) is 1. The summed E-state index contributed by atoms with van der Waals surface area (Å²) < 4.78 is 11.4. The minimum atomic E-state index is -0.504. The molecule has 3 rings (SSSR count). The highest BCUT2D eigenvalue weighted by Gasteiger charge is 2.17. The van der Waals surface area contributed by atoms with Gasteiger partial charge in [-0.25, -0.2) is 0 Å². The molecule has 1 aromatic carbocycles. The Morgan fingerprint density at radius 1 is 1.04 bits per heavy atom. The fraction of sp³-hybridized carbons (Fsp3) is 0.714. The van der Waals surface area contributed by atoms with Crippen LogP contribution in [0.4, 0.5) is 0 Å². The Labute approximate surface area is 173 Å². The first-order valence-corrected chi connectivity index (χ1v) is 11.5. The predicted molar refractivity (Wildman–Crippen MR) is 116 cm³/mol. The molecular weight excluding hydrogens is 374 g/mol. The molecular formula is C21H35N3O3S. The van der Waals surface area contributed by atoms with Crippen LogP contribution in [0.5, 0.6) is 11.5 Å². The number of hydrogen-bond acceptors (Lipinski definition) is 7. The van der Waals surface area contributed by atoms with Gasteiger partial charge in [0.2, 0.25) is 0 Å². The topological polar surface area (TPSA) is 48.4 Å². The zero-order valence-electron chi connectivity index (χ0n) is 17.3. The second-order valence-corrected chi connectivity index (χ2v) is 9.02. The van der Waals surface area contributed by atoms with Crippen LogP contribution in [0, 0.1) is 0 Å². The van der Waals surface area contributed by atoms with E-state index in [0.717, 1.165) is 63.7 Å². The first-order valence-electron chi connectivity index (χ1n) is 10.3. The normalized spacial score (nSPS) is 21.2. The highest BCUT2D eigenvalue weighted by atomic mass is 32.2. The van der Waals surface area contributed by atoms with E-state index in [4.69, 9.17) is 9.47 Å². The summed E-state index contributed by atoms with van der Waals surface area (Å²) in [6, 6.07) is 6.15. The van der Waals surface area contributed by atoms with Crippen molar-refractivity contribution in [2.75, 3.05) is 78.1 Å². The third-order valence-electron chi connectivity index (χ3n) is 5.45. The van der Waals surface area contributed by atoms with E-state index in [1.54, 1.807) is 7.11 Å². The Hall–Kier alpha value is -0.990. The largest absolute Gasteiger partial charge is 0.493 e. The third kappa shape index (κ3) is 6.81. The molecule has 158 valence electrons. The summed E-state index contributed by atoms with van der Waals surface area (Å²) in [7, 11) is 3.82. The van der Waals surface area contributed by atoms with Crippen LogP contribution in [0.3, 0.4) is 0 Å². The number of rotatable bonds is 8. The average Bonchev–Trinajstić information content (AvgIpc) is 2.91. The molecule has 0 radical (unpaired) electrons. The number of thioether (sulfide) groups is 1. The van der Waals surface area contributed by atoms with Crippen molar-refractivity contribution in [1.29, 1.82) is 0 Å². The van der Waals surface area contributed by atoms with E-state index in [0.29, 0.717) is 6.54 Å². The van der Waals surface area contributed by atoms with Crippen LogP contribution in [0.2, 0.25) is 0 Å². The number of methoxy groups -OCH3 is 1. The second-order valence-electron chi connectivity index (χ2n) is 7.80. The molecule has 1 atom stereocenters. The van der Waals surface area contributed by atoms with E-state index in [1.165, 1.54) is 17.1 Å². The SMILES string of the molecule is COc1ccc(CN2CCSCC2)cc1OC[C@H](O)CN1CCCN(C)CC1. The lowest BCUT2D eigenvalue weighted by molar-refractivity contribution is 0.0685. The molecule has 0 aliphatic carbocycles. The van der Waals surface area contributed by atoms with Gasteiger partial charge >= 0.3 is 0 Å². The Bertz CT molecular complexity index is 598. The summed E-state index contributed by atoms with van der Waals surface area (Å²) in [6.45, 7) is 8.36. The summed E-state index contributed by atoms with van der Waals surface area (Å²) in [5.41, 5.74) is 1.23. The van der Waals surface area contributed by atoms with Gasteiger partial charge in [0, 0.05) is 50.8 Å². The van der Waals surface area contributed by atoms with Gasteiger partial charge in [-0.3, -0.25) is 9.80 Å². The van der Waals surface area contributed by atoms with Crippen LogP contribution < -0.4 is 9.47 Å². The molecule has 1 N–H and O–H groups in total. The summed E-state index contributed by atoms with van der Waals surface area (Å²) in [4.78, 5) is 7.16. The van der Waals surface area contributed by atoms with Crippen LogP contribution in [0.25, 0.3) is 0 Å². The third-order valence-corrected chi connectivity index (χ3v) is 6.39. The van der Waals surface area contributed by atoms with Crippen molar-refractivity contribution in [2.45, 2.75) is 19.1 Å². The Kier molecular flexibility index (Phi) is 8.73. The molecule has 0 amide bonds. The van der Waals surface area contributed by atoms with Crippen LogP contribution in [0.1, 0.15) is 12.0 Å². The van der Waals surface area contributed by atoms with Crippen molar-refractivity contribution >= 4 is 11.8 Å². The average molecular weight is 410 g/mol. The van der Waals surface area contributed by atoms with Crippen molar-refractivity contribution in [3.8, 4) is 11.5 Å². The van der Waals surface area contributed by atoms with Gasteiger partial charge in [-0.1, -0.05) is 6.07 Å². The number of ether oxygens (including phenoxy) is 2. The van der Waals surface area contributed by atoms with Crippen LogP contribution in [-0.2, 0) is 6.54 Å². The Morgan fingerprint density at radius 3 is 2.64 bits per heavy atom. The standard InChI is InChI=1S/C21H35N3O3S/c1-22-6-3-7-23(9-8-22)16-19(25)17-27-21-14-18(4-5-20(21)26-2)15-24-10-12-28-13-11-24/h4-5,14,19,25H,3,6-13,15-17H2,1-2H3/t19-/m1/s1. The van der Waals surface area contributed by atoms with Crippen molar-refractivity contribution in [2.24, 2.45) is 0 Å². The molecule has 0 spiro atoms. The van der Waals surface area contributed by atoms with Crippen LogP contribution in [0.15, 0.2) is 18.2 Å². The molecule has 1 aromatic rings. The first kappa shape index (κ1) is 21.7. The lowest BCUT2D eigenvalue weighted by atomic mass is 10.2. The maximum absolute atomic E-state index is 10.5. The molecule has 2 aliphatic rings. The van der Waals surface area contributed by atoms with Gasteiger partial charge in [-0.2, -0.15) is 11.8 Å². The Morgan fingerprint density at radius 2 is 1.86 bits per heavy atom. The molecule has 0 bridgehead atoms. The van der Waals surface area contributed by atoms with Gasteiger partial charge in [-0.15, -0.1) is 0 Å². The molecule has 7 heteroatoms. The van der Waals surface area contributed by atoms with Crippen LogP contribution >= 0.6 is 11.8 Å². The number of likely N-dealkylation sites (N-methyl/N-ethyl adjacent to an activating group) is 1. The summed E-state index contributed by atoms with van der Waals surface area (Å²) in [5, 5.41) is 10.5. The van der Waals surface area contributed by atoms with E-state index < -0.39 is 6.10 Å². The smallest absolute Gasteiger partial charge is 0.161 e. The molecule has 6 nitrogen and oxygen atoms in total. The van der Waals surface area contributed by atoms with Crippen molar-refractivity contribution < 1.29 is 14.6 Å². The number of benzene rings is 1. The molecule has 2 fully saturated rings. The molecule has 2 heterocycles. The molecule has 0 unspecified atom stereocenters. The summed E-state index contributed by atoms with van der Waals surface area (Å²) in [5.74, 6) is 3.86. The fourth-order valence-electron chi connectivity index (χ4n) is 3.77. The summed E-state index contributed by atoms with van der Waals surface area (Å²) >= 11 is 2.02. The highest BCUT2D eigenvalue weighted by molar-refractivity contribution is 7.99. The molecule has 28 heavy (non-hydrogen) atoms. The zero-order chi connectivity index (χ0) is 19.8. The van der Waals surface area contributed by atoms with E-state index >= 15 is 0 Å². The molecule has 2 aliphatic heterocycles. The fourth-order valence-corrected chi connectivity index (χ4v) is 4.75. The van der Waals surface area contributed by atoms with Crippen molar-refractivity contribution in [1.82, 2.24) is 14.7 Å². The first-order chi connectivity index (χ1) is 13.6. The van der Waals surface area contributed by atoms with E-state index in [-0.39, 0.29) is 6.61 Å². The van der Waals surface area contributed by atoms with Crippen molar-refractivity contribution in [3.63, 3.8) is 0 Å². The maximum atomic E-state index is 10.5.